The highest BCUT2D eigenvalue weighted by atomic mass is 16.7. The molecule has 0 saturated carbocycles. The Bertz CT molecular complexity index is 114. The van der Waals surface area contributed by atoms with E-state index in [1.807, 2.05) is 0 Å². The van der Waals surface area contributed by atoms with E-state index in [9.17, 15) is 4.79 Å². The number of hydrogen-bond donors (Lipinski definition) is 1. The maximum absolute atomic E-state index is 10.2. The van der Waals surface area contributed by atoms with Crippen LogP contribution >= 0.6 is 0 Å². The SMILES string of the molecule is CC1CN(O)C(=O)O1. The van der Waals surface area contributed by atoms with Crippen LogP contribution in [0.1, 0.15) is 6.92 Å². The monoisotopic (exact) mass is 117 g/mol. The molecule has 1 atom stereocenters. The molecule has 1 rings (SSSR count). The van der Waals surface area contributed by atoms with Gasteiger partial charge in [-0.3, -0.25) is 5.21 Å². The first-order chi connectivity index (χ1) is 3.70. The smallest absolute Gasteiger partial charge is 0.434 e. The zero-order chi connectivity index (χ0) is 6.15. The van der Waals surface area contributed by atoms with Crippen molar-refractivity contribution in [2.24, 2.45) is 0 Å². The van der Waals surface area contributed by atoms with E-state index in [0.29, 0.717) is 5.06 Å². The van der Waals surface area contributed by atoms with E-state index >= 15 is 0 Å². The van der Waals surface area contributed by atoms with Gasteiger partial charge in [-0.2, -0.15) is 5.06 Å². The predicted molar refractivity (Wildman–Crippen MR) is 24.4 cm³/mol. The van der Waals surface area contributed by atoms with Crippen LogP contribution in [0.2, 0.25) is 0 Å². The summed E-state index contributed by atoms with van der Waals surface area (Å²) in [6, 6.07) is 0. The molecule has 1 fully saturated rings. The number of carbonyl (C=O) groups excluding carboxylic acids is 1. The van der Waals surface area contributed by atoms with Gasteiger partial charge in [0.05, 0.1) is 6.54 Å². The Balaban J connectivity index is 2.51. The molecule has 4 heteroatoms. The quantitative estimate of drug-likeness (QED) is 0.461. The molecule has 46 valence electrons. The minimum Gasteiger partial charge on any atom is -0.443 e. The first kappa shape index (κ1) is 5.37. The van der Waals surface area contributed by atoms with Crippen LogP contribution in [0.15, 0.2) is 0 Å². The van der Waals surface area contributed by atoms with E-state index in [0.717, 1.165) is 0 Å². The third-order valence-electron chi connectivity index (χ3n) is 0.943. The summed E-state index contributed by atoms with van der Waals surface area (Å²) < 4.78 is 4.51. The molecule has 0 bridgehead atoms. The van der Waals surface area contributed by atoms with E-state index in [2.05, 4.69) is 4.74 Å². The average Bonchev–Trinajstić information content (AvgIpc) is 1.85. The molecule has 1 aliphatic heterocycles. The number of ether oxygens (including phenoxy) is 1. The molecule has 0 aromatic heterocycles. The Kier molecular flexibility index (Phi) is 1.09. The standard InChI is InChI=1S/C4H7NO3/c1-3-2-5(7)4(6)8-3/h3,7H,2H2,1H3. The molecule has 1 saturated heterocycles. The van der Waals surface area contributed by atoms with E-state index < -0.39 is 6.09 Å². The normalized spacial score (nSPS) is 28.5. The Morgan fingerprint density at radius 2 is 2.62 bits per heavy atom. The van der Waals surface area contributed by atoms with Gasteiger partial charge in [-0.05, 0) is 6.92 Å². The van der Waals surface area contributed by atoms with Crippen molar-refractivity contribution in [2.45, 2.75) is 13.0 Å². The highest BCUT2D eigenvalue weighted by Gasteiger charge is 2.25. The molecular formula is C4H7NO3. The van der Waals surface area contributed by atoms with Gasteiger partial charge in [0.1, 0.15) is 6.10 Å². The van der Waals surface area contributed by atoms with Crippen molar-refractivity contribution in [1.29, 1.82) is 0 Å². The summed E-state index contributed by atoms with van der Waals surface area (Å²) in [6.07, 6.45) is -0.829. The topological polar surface area (TPSA) is 49.8 Å². The number of carbonyl (C=O) groups is 1. The fourth-order valence-corrected chi connectivity index (χ4v) is 0.588. The van der Waals surface area contributed by atoms with Crippen LogP contribution < -0.4 is 0 Å². The largest absolute Gasteiger partial charge is 0.443 e. The van der Waals surface area contributed by atoms with Crippen molar-refractivity contribution >= 4 is 6.09 Å². The lowest BCUT2D eigenvalue weighted by Crippen LogP contribution is -2.19. The van der Waals surface area contributed by atoms with Crippen LogP contribution in [0.3, 0.4) is 0 Å². The summed E-state index contributed by atoms with van der Waals surface area (Å²) in [6.45, 7) is 1.99. The van der Waals surface area contributed by atoms with Crippen LogP contribution in [-0.4, -0.2) is 29.0 Å². The lowest BCUT2D eigenvalue weighted by Gasteiger charge is -1.96. The molecule has 8 heavy (non-hydrogen) atoms. The van der Waals surface area contributed by atoms with Crippen LogP contribution in [0.5, 0.6) is 0 Å². The molecule has 0 aliphatic carbocycles. The van der Waals surface area contributed by atoms with Crippen molar-refractivity contribution in [3.8, 4) is 0 Å². The summed E-state index contributed by atoms with van der Waals surface area (Å²) in [7, 11) is 0. The van der Waals surface area contributed by atoms with E-state index in [1.54, 1.807) is 6.92 Å². The minimum absolute atomic E-state index is 0.174. The van der Waals surface area contributed by atoms with Gasteiger partial charge in [0, 0.05) is 0 Å². The molecule has 1 aliphatic rings. The van der Waals surface area contributed by atoms with E-state index in [1.165, 1.54) is 0 Å². The zero-order valence-electron chi connectivity index (χ0n) is 4.50. The molecule has 1 heterocycles. The van der Waals surface area contributed by atoms with Crippen molar-refractivity contribution in [1.82, 2.24) is 5.06 Å². The molecular weight excluding hydrogens is 110 g/mol. The van der Waals surface area contributed by atoms with E-state index in [4.69, 9.17) is 5.21 Å². The lowest BCUT2D eigenvalue weighted by atomic mass is 10.4. The molecule has 0 spiro atoms. The van der Waals surface area contributed by atoms with Gasteiger partial charge in [0.25, 0.3) is 0 Å². The van der Waals surface area contributed by atoms with Gasteiger partial charge in [-0.1, -0.05) is 0 Å². The molecule has 0 aromatic carbocycles. The summed E-state index contributed by atoms with van der Waals surface area (Å²) in [5.41, 5.74) is 0. The Morgan fingerprint density at radius 1 is 2.00 bits per heavy atom. The fourth-order valence-electron chi connectivity index (χ4n) is 0.588. The van der Waals surface area contributed by atoms with Gasteiger partial charge in [-0.15, -0.1) is 0 Å². The first-order valence-electron chi connectivity index (χ1n) is 2.37. The van der Waals surface area contributed by atoms with E-state index in [-0.39, 0.29) is 12.6 Å². The highest BCUT2D eigenvalue weighted by Crippen LogP contribution is 2.05. The van der Waals surface area contributed by atoms with Gasteiger partial charge in [-0.25, -0.2) is 4.79 Å². The molecule has 1 N–H and O–H groups in total. The van der Waals surface area contributed by atoms with Crippen LogP contribution in [-0.2, 0) is 4.74 Å². The Hall–Kier alpha value is -0.770. The van der Waals surface area contributed by atoms with Gasteiger partial charge in [0.15, 0.2) is 0 Å². The van der Waals surface area contributed by atoms with Crippen molar-refractivity contribution in [2.75, 3.05) is 6.54 Å². The van der Waals surface area contributed by atoms with Crippen molar-refractivity contribution < 1.29 is 14.7 Å². The fraction of sp³-hybridized carbons (Fsp3) is 0.750. The maximum atomic E-state index is 10.2. The van der Waals surface area contributed by atoms with Crippen molar-refractivity contribution in [3.63, 3.8) is 0 Å². The number of hydroxylamine groups is 2. The molecule has 0 radical (unpaired) electrons. The highest BCUT2D eigenvalue weighted by molar-refractivity contribution is 5.68. The van der Waals surface area contributed by atoms with Gasteiger partial charge in [0.2, 0.25) is 0 Å². The second-order valence-corrected chi connectivity index (χ2v) is 1.78. The van der Waals surface area contributed by atoms with Crippen molar-refractivity contribution in [3.05, 3.63) is 0 Å². The average molecular weight is 117 g/mol. The zero-order valence-corrected chi connectivity index (χ0v) is 4.50. The number of nitrogens with zero attached hydrogens (tertiary/aromatic N) is 1. The summed E-state index contributed by atoms with van der Waals surface area (Å²) in [5.74, 6) is 0. The number of rotatable bonds is 0. The van der Waals surface area contributed by atoms with Crippen LogP contribution in [0.4, 0.5) is 4.79 Å². The minimum atomic E-state index is -0.655. The lowest BCUT2D eigenvalue weighted by molar-refractivity contribution is -0.0311. The summed E-state index contributed by atoms with van der Waals surface area (Å²) >= 11 is 0. The third-order valence-corrected chi connectivity index (χ3v) is 0.943. The summed E-state index contributed by atoms with van der Waals surface area (Å²) in [5, 5.41) is 9.09. The Labute approximate surface area is 46.6 Å². The second kappa shape index (κ2) is 1.63. The van der Waals surface area contributed by atoms with Crippen LogP contribution in [0, 0.1) is 0 Å². The summed E-state index contributed by atoms with van der Waals surface area (Å²) in [4.78, 5) is 10.2. The Morgan fingerprint density at radius 3 is 2.75 bits per heavy atom. The van der Waals surface area contributed by atoms with Crippen LogP contribution in [0.25, 0.3) is 0 Å². The van der Waals surface area contributed by atoms with Gasteiger partial charge < -0.3 is 4.74 Å². The number of hydrogen-bond acceptors (Lipinski definition) is 3. The first-order valence-corrected chi connectivity index (χ1v) is 2.37. The molecule has 1 unspecified atom stereocenters. The predicted octanol–water partition coefficient (Wildman–Crippen LogP) is 0.216. The number of cyclic esters (lactones) is 1. The maximum Gasteiger partial charge on any atom is 0.434 e. The molecule has 1 amide bonds. The second-order valence-electron chi connectivity index (χ2n) is 1.78. The third kappa shape index (κ3) is 0.742. The number of amides is 1. The molecule has 0 aromatic rings. The molecule has 4 nitrogen and oxygen atoms in total. The van der Waals surface area contributed by atoms with Gasteiger partial charge >= 0.3 is 6.09 Å².